The van der Waals surface area contributed by atoms with Gasteiger partial charge < -0.3 is 10.2 Å². The van der Waals surface area contributed by atoms with Gasteiger partial charge in [-0.3, -0.25) is 0 Å². The fraction of sp³-hybridized carbons (Fsp3) is 1.00. The van der Waals surface area contributed by atoms with E-state index in [4.69, 9.17) is 0 Å². The Morgan fingerprint density at radius 1 is 1.40 bits per heavy atom. The molecule has 0 aromatic rings. The van der Waals surface area contributed by atoms with Crippen molar-refractivity contribution in [1.29, 1.82) is 0 Å². The number of likely N-dealkylation sites (tertiary alicyclic amines) is 1. The number of hydrogen-bond donors (Lipinski definition) is 1. The summed E-state index contributed by atoms with van der Waals surface area (Å²) in [5.41, 5.74) is 0. The zero-order valence-corrected chi connectivity index (χ0v) is 10.8. The van der Waals surface area contributed by atoms with Crippen LogP contribution in [0.1, 0.15) is 40.0 Å². The fourth-order valence-electron chi connectivity index (χ4n) is 2.48. The van der Waals surface area contributed by atoms with Gasteiger partial charge in [-0.15, -0.1) is 0 Å². The van der Waals surface area contributed by atoms with Gasteiger partial charge in [0.25, 0.3) is 0 Å². The van der Waals surface area contributed by atoms with Gasteiger partial charge in [0.15, 0.2) is 0 Å². The smallest absolute Gasteiger partial charge is 0.00219 e. The highest BCUT2D eigenvalue weighted by Crippen LogP contribution is 2.16. The second kappa shape index (κ2) is 7.24. The molecule has 0 amide bonds. The summed E-state index contributed by atoms with van der Waals surface area (Å²) < 4.78 is 0. The third kappa shape index (κ3) is 5.53. The van der Waals surface area contributed by atoms with Crippen molar-refractivity contribution in [1.82, 2.24) is 10.2 Å². The summed E-state index contributed by atoms with van der Waals surface area (Å²) in [6.45, 7) is 13.2. The first-order chi connectivity index (χ1) is 7.22. The molecule has 0 aromatic carbocycles. The van der Waals surface area contributed by atoms with E-state index in [-0.39, 0.29) is 0 Å². The number of rotatable bonds is 6. The van der Waals surface area contributed by atoms with E-state index >= 15 is 0 Å². The topological polar surface area (TPSA) is 15.3 Å². The van der Waals surface area contributed by atoms with Crippen molar-refractivity contribution in [2.75, 3.05) is 32.7 Å². The van der Waals surface area contributed by atoms with Gasteiger partial charge in [-0.1, -0.05) is 20.8 Å². The summed E-state index contributed by atoms with van der Waals surface area (Å²) in [5, 5.41) is 3.55. The third-order valence-corrected chi connectivity index (χ3v) is 3.09. The molecule has 1 saturated heterocycles. The molecule has 1 N–H and O–H groups in total. The Labute approximate surface area is 95.4 Å². The van der Waals surface area contributed by atoms with Gasteiger partial charge in [0.05, 0.1) is 0 Å². The maximum atomic E-state index is 3.55. The maximum Gasteiger partial charge on any atom is 0.00219 e. The second-order valence-electron chi connectivity index (χ2n) is 5.37. The van der Waals surface area contributed by atoms with Crippen LogP contribution in [0.3, 0.4) is 0 Å². The van der Waals surface area contributed by atoms with Gasteiger partial charge >= 0.3 is 0 Å². The van der Waals surface area contributed by atoms with E-state index < -0.39 is 0 Å². The van der Waals surface area contributed by atoms with E-state index in [1.165, 1.54) is 52.0 Å². The standard InChI is InChI=1S/C13H28N2/c1-4-7-14-9-13-6-5-8-15(11-13)10-12(2)3/h12-14H,4-11H2,1-3H3. The van der Waals surface area contributed by atoms with Crippen LogP contribution in [0.15, 0.2) is 0 Å². The van der Waals surface area contributed by atoms with Crippen molar-refractivity contribution in [3.8, 4) is 0 Å². The molecule has 2 nitrogen and oxygen atoms in total. The lowest BCUT2D eigenvalue weighted by Crippen LogP contribution is -2.41. The molecule has 0 radical (unpaired) electrons. The minimum Gasteiger partial charge on any atom is -0.316 e. The van der Waals surface area contributed by atoms with Crippen molar-refractivity contribution >= 4 is 0 Å². The quantitative estimate of drug-likeness (QED) is 0.680. The zero-order valence-electron chi connectivity index (χ0n) is 10.8. The summed E-state index contributed by atoms with van der Waals surface area (Å²) in [6.07, 6.45) is 4.07. The van der Waals surface area contributed by atoms with E-state index in [2.05, 4.69) is 31.0 Å². The molecule has 0 aromatic heterocycles. The first kappa shape index (κ1) is 13.0. The van der Waals surface area contributed by atoms with Crippen molar-refractivity contribution in [2.24, 2.45) is 11.8 Å². The molecule has 1 aliphatic heterocycles. The van der Waals surface area contributed by atoms with Gasteiger partial charge in [-0.05, 0) is 50.7 Å². The Bertz CT molecular complexity index is 157. The molecule has 1 aliphatic rings. The number of nitrogens with one attached hydrogen (secondary N) is 1. The number of piperidine rings is 1. The molecular formula is C13H28N2. The summed E-state index contributed by atoms with van der Waals surface area (Å²) >= 11 is 0. The summed E-state index contributed by atoms with van der Waals surface area (Å²) in [7, 11) is 0. The number of nitrogens with zero attached hydrogens (tertiary/aromatic N) is 1. The average molecular weight is 212 g/mol. The average Bonchev–Trinajstić information content (AvgIpc) is 2.18. The molecule has 15 heavy (non-hydrogen) atoms. The van der Waals surface area contributed by atoms with Crippen LogP contribution >= 0.6 is 0 Å². The highest BCUT2D eigenvalue weighted by atomic mass is 15.1. The first-order valence-corrected chi connectivity index (χ1v) is 6.65. The van der Waals surface area contributed by atoms with Crippen molar-refractivity contribution in [2.45, 2.75) is 40.0 Å². The minimum atomic E-state index is 0.812. The van der Waals surface area contributed by atoms with E-state index in [0.717, 1.165) is 11.8 Å². The highest BCUT2D eigenvalue weighted by Gasteiger charge is 2.19. The van der Waals surface area contributed by atoms with Crippen LogP contribution < -0.4 is 5.32 Å². The van der Waals surface area contributed by atoms with Crippen LogP contribution in [0.2, 0.25) is 0 Å². The normalized spacial score (nSPS) is 23.6. The molecule has 2 heteroatoms. The van der Waals surface area contributed by atoms with E-state index in [9.17, 15) is 0 Å². The molecule has 0 saturated carbocycles. The molecule has 1 fully saturated rings. The third-order valence-electron chi connectivity index (χ3n) is 3.09. The predicted molar refractivity (Wildman–Crippen MR) is 67.2 cm³/mol. The van der Waals surface area contributed by atoms with Crippen LogP contribution in [-0.2, 0) is 0 Å². The summed E-state index contributed by atoms with van der Waals surface area (Å²) in [5.74, 6) is 1.71. The van der Waals surface area contributed by atoms with Gasteiger partial charge in [-0.2, -0.15) is 0 Å². The Kier molecular flexibility index (Phi) is 6.26. The van der Waals surface area contributed by atoms with Crippen LogP contribution in [0.4, 0.5) is 0 Å². The molecule has 1 heterocycles. The SMILES string of the molecule is CCCNCC1CCCN(CC(C)C)C1. The first-order valence-electron chi connectivity index (χ1n) is 6.65. The lowest BCUT2D eigenvalue weighted by Gasteiger charge is -2.33. The van der Waals surface area contributed by atoms with Gasteiger partial charge in [-0.25, -0.2) is 0 Å². The molecule has 0 spiro atoms. The second-order valence-corrected chi connectivity index (χ2v) is 5.37. The van der Waals surface area contributed by atoms with Crippen molar-refractivity contribution in [3.05, 3.63) is 0 Å². The summed E-state index contributed by atoms with van der Waals surface area (Å²) in [4.78, 5) is 2.65. The predicted octanol–water partition coefficient (Wildman–Crippen LogP) is 2.35. The van der Waals surface area contributed by atoms with Crippen molar-refractivity contribution in [3.63, 3.8) is 0 Å². The molecular weight excluding hydrogens is 184 g/mol. The van der Waals surface area contributed by atoms with E-state index in [1.54, 1.807) is 0 Å². The molecule has 1 rings (SSSR count). The van der Waals surface area contributed by atoms with E-state index in [0.29, 0.717) is 0 Å². The van der Waals surface area contributed by atoms with Crippen molar-refractivity contribution < 1.29 is 0 Å². The Morgan fingerprint density at radius 3 is 2.87 bits per heavy atom. The molecule has 1 unspecified atom stereocenters. The molecule has 90 valence electrons. The Morgan fingerprint density at radius 2 is 2.20 bits per heavy atom. The minimum absolute atomic E-state index is 0.812. The van der Waals surface area contributed by atoms with Crippen LogP contribution in [-0.4, -0.2) is 37.6 Å². The Balaban J connectivity index is 2.17. The lowest BCUT2D eigenvalue weighted by atomic mass is 9.97. The summed E-state index contributed by atoms with van der Waals surface area (Å²) in [6, 6.07) is 0. The monoisotopic (exact) mass is 212 g/mol. The fourth-order valence-corrected chi connectivity index (χ4v) is 2.48. The molecule has 0 aliphatic carbocycles. The zero-order chi connectivity index (χ0) is 11.1. The van der Waals surface area contributed by atoms with Crippen LogP contribution in [0.25, 0.3) is 0 Å². The van der Waals surface area contributed by atoms with Gasteiger partial charge in [0.2, 0.25) is 0 Å². The van der Waals surface area contributed by atoms with Crippen LogP contribution in [0.5, 0.6) is 0 Å². The molecule has 0 bridgehead atoms. The van der Waals surface area contributed by atoms with E-state index in [1.807, 2.05) is 0 Å². The van der Waals surface area contributed by atoms with Gasteiger partial charge in [0.1, 0.15) is 0 Å². The largest absolute Gasteiger partial charge is 0.316 e. The Hall–Kier alpha value is -0.0800. The molecule has 1 atom stereocenters. The highest BCUT2D eigenvalue weighted by molar-refractivity contribution is 4.75. The van der Waals surface area contributed by atoms with Gasteiger partial charge in [0, 0.05) is 13.1 Å². The van der Waals surface area contributed by atoms with Crippen LogP contribution in [0, 0.1) is 11.8 Å². The number of hydrogen-bond acceptors (Lipinski definition) is 2. The lowest BCUT2D eigenvalue weighted by molar-refractivity contribution is 0.157. The maximum absolute atomic E-state index is 3.55.